The molecule has 0 radical (unpaired) electrons. The SMILES string of the molecule is CN(Cc1ccco1)C(=O)C1Cc2ccccc2CN1S(=O)(=O)c1ccc2ccccc2c1. The molecule has 1 aromatic heterocycles. The number of furan rings is 1. The molecule has 0 fully saturated rings. The van der Waals surface area contributed by atoms with Crippen molar-refractivity contribution in [2.45, 2.75) is 30.4 Å². The molecule has 0 bridgehead atoms. The summed E-state index contributed by atoms with van der Waals surface area (Å²) in [7, 11) is -2.25. The van der Waals surface area contributed by atoms with Crippen molar-refractivity contribution in [1.29, 1.82) is 0 Å². The van der Waals surface area contributed by atoms with Gasteiger partial charge in [-0.15, -0.1) is 0 Å². The molecule has 0 saturated carbocycles. The number of hydrogen-bond acceptors (Lipinski definition) is 4. The minimum absolute atomic E-state index is 0.149. The molecule has 6 nitrogen and oxygen atoms in total. The van der Waals surface area contributed by atoms with Gasteiger partial charge in [0.25, 0.3) is 0 Å². The molecule has 1 aliphatic heterocycles. The summed E-state index contributed by atoms with van der Waals surface area (Å²) < 4.78 is 34.4. The van der Waals surface area contributed by atoms with E-state index in [0.717, 1.165) is 21.9 Å². The molecular weight excluding hydrogens is 436 g/mol. The summed E-state index contributed by atoms with van der Waals surface area (Å²) in [4.78, 5) is 15.2. The van der Waals surface area contributed by atoms with Crippen LogP contribution in [0.5, 0.6) is 0 Å². The zero-order valence-electron chi connectivity index (χ0n) is 18.2. The lowest BCUT2D eigenvalue weighted by atomic mass is 9.95. The van der Waals surface area contributed by atoms with E-state index in [1.54, 1.807) is 43.6 Å². The number of rotatable bonds is 5. The van der Waals surface area contributed by atoms with E-state index in [1.807, 2.05) is 48.5 Å². The maximum absolute atomic E-state index is 13.8. The highest BCUT2D eigenvalue weighted by molar-refractivity contribution is 7.89. The Kier molecular flexibility index (Phi) is 5.52. The molecule has 0 aliphatic carbocycles. The fourth-order valence-electron chi connectivity index (χ4n) is 4.39. The average molecular weight is 461 g/mol. The maximum Gasteiger partial charge on any atom is 0.244 e. The molecule has 33 heavy (non-hydrogen) atoms. The fraction of sp³-hybridized carbons (Fsp3) is 0.192. The highest BCUT2D eigenvalue weighted by atomic mass is 32.2. The summed E-state index contributed by atoms with van der Waals surface area (Å²) in [5.41, 5.74) is 1.91. The second kappa shape index (κ2) is 8.50. The molecule has 2 heterocycles. The van der Waals surface area contributed by atoms with Crippen LogP contribution in [0.1, 0.15) is 16.9 Å². The third kappa shape index (κ3) is 4.05. The second-order valence-electron chi connectivity index (χ2n) is 8.32. The van der Waals surface area contributed by atoms with Gasteiger partial charge in [0.05, 0.1) is 17.7 Å². The van der Waals surface area contributed by atoms with Gasteiger partial charge < -0.3 is 9.32 Å². The van der Waals surface area contributed by atoms with Crippen LogP contribution in [0.4, 0.5) is 0 Å². The van der Waals surface area contributed by atoms with Crippen LogP contribution in [0.15, 0.2) is 94.4 Å². The average Bonchev–Trinajstić information content (AvgIpc) is 3.35. The third-order valence-electron chi connectivity index (χ3n) is 6.17. The first-order valence-electron chi connectivity index (χ1n) is 10.8. The fourth-order valence-corrected chi connectivity index (χ4v) is 5.99. The van der Waals surface area contributed by atoms with Crippen LogP contribution in [-0.4, -0.2) is 36.6 Å². The van der Waals surface area contributed by atoms with Gasteiger partial charge in [-0.25, -0.2) is 8.42 Å². The summed E-state index contributed by atoms with van der Waals surface area (Å²) in [5.74, 6) is 0.385. The Morgan fingerprint density at radius 3 is 2.45 bits per heavy atom. The zero-order chi connectivity index (χ0) is 23.0. The van der Waals surface area contributed by atoms with Crippen LogP contribution in [-0.2, 0) is 34.3 Å². The molecule has 1 amide bonds. The largest absolute Gasteiger partial charge is 0.467 e. The van der Waals surface area contributed by atoms with Crippen molar-refractivity contribution < 1.29 is 17.6 Å². The van der Waals surface area contributed by atoms with E-state index in [1.165, 1.54) is 9.21 Å². The van der Waals surface area contributed by atoms with Crippen molar-refractivity contribution in [3.05, 3.63) is 102 Å². The van der Waals surface area contributed by atoms with Gasteiger partial charge in [-0.2, -0.15) is 4.31 Å². The van der Waals surface area contributed by atoms with Crippen molar-refractivity contribution in [1.82, 2.24) is 9.21 Å². The topological polar surface area (TPSA) is 70.8 Å². The minimum atomic E-state index is -3.92. The van der Waals surface area contributed by atoms with Gasteiger partial charge in [0, 0.05) is 13.6 Å². The predicted molar refractivity (Wildman–Crippen MR) is 126 cm³/mol. The number of carbonyl (C=O) groups excluding carboxylic acids is 1. The van der Waals surface area contributed by atoms with Crippen molar-refractivity contribution >= 4 is 26.7 Å². The van der Waals surface area contributed by atoms with E-state index in [2.05, 4.69) is 0 Å². The van der Waals surface area contributed by atoms with Crippen LogP contribution >= 0.6 is 0 Å². The highest BCUT2D eigenvalue weighted by Crippen LogP contribution is 2.31. The minimum Gasteiger partial charge on any atom is -0.467 e. The van der Waals surface area contributed by atoms with Crippen molar-refractivity contribution in [2.24, 2.45) is 0 Å². The monoisotopic (exact) mass is 460 g/mol. The smallest absolute Gasteiger partial charge is 0.244 e. The first kappa shape index (κ1) is 21.4. The van der Waals surface area contributed by atoms with E-state index in [0.29, 0.717) is 12.2 Å². The number of benzene rings is 3. The number of hydrogen-bond donors (Lipinski definition) is 0. The lowest BCUT2D eigenvalue weighted by Gasteiger charge is -2.36. The van der Waals surface area contributed by atoms with Crippen molar-refractivity contribution in [2.75, 3.05) is 7.05 Å². The summed E-state index contributed by atoms with van der Waals surface area (Å²) in [6.45, 7) is 0.421. The lowest BCUT2D eigenvalue weighted by Crippen LogP contribution is -2.52. The Morgan fingerprint density at radius 2 is 1.70 bits per heavy atom. The lowest BCUT2D eigenvalue weighted by molar-refractivity contribution is -0.135. The molecule has 0 saturated heterocycles. The molecule has 3 aromatic carbocycles. The van der Waals surface area contributed by atoms with Gasteiger partial charge in [-0.1, -0.05) is 54.6 Å². The standard InChI is InChI=1S/C26H24N2O4S/c1-27(18-23-11-6-14-32-23)26(29)25-16-21-9-4-5-10-22(21)17-28(25)33(30,31)24-13-12-19-7-2-3-8-20(19)15-24/h2-15,25H,16-18H2,1H3. The van der Waals surface area contributed by atoms with Crippen molar-refractivity contribution in [3.63, 3.8) is 0 Å². The highest BCUT2D eigenvalue weighted by Gasteiger charge is 2.40. The Morgan fingerprint density at radius 1 is 0.970 bits per heavy atom. The second-order valence-corrected chi connectivity index (χ2v) is 10.2. The van der Waals surface area contributed by atoms with Gasteiger partial charge in [0.1, 0.15) is 11.8 Å². The van der Waals surface area contributed by atoms with E-state index in [-0.39, 0.29) is 23.9 Å². The molecule has 4 aromatic rings. The van der Waals surface area contributed by atoms with Gasteiger partial charge in [0.2, 0.25) is 15.9 Å². The van der Waals surface area contributed by atoms with Gasteiger partial charge in [-0.05, 0) is 52.6 Å². The van der Waals surface area contributed by atoms with E-state index in [9.17, 15) is 13.2 Å². The summed E-state index contributed by atoms with van der Waals surface area (Å²) >= 11 is 0. The van der Waals surface area contributed by atoms with Crippen LogP contribution in [0, 0.1) is 0 Å². The van der Waals surface area contributed by atoms with Crippen molar-refractivity contribution in [3.8, 4) is 0 Å². The van der Waals surface area contributed by atoms with Crippen LogP contribution < -0.4 is 0 Å². The normalized spacial score (nSPS) is 16.5. The van der Waals surface area contributed by atoms with Crippen LogP contribution in [0.3, 0.4) is 0 Å². The third-order valence-corrected chi connectivity index (χ3v) is 8.02. The maximum atomic E-state index is 13.8. The molecule has 0 N–H and O–H groups in total. The summed E-state index contributed by atoms with van der Waals surface area (Å²) in [5, 5.41) is 1.81. The molecule has 1 atom stereocenters. The predicted octanol–water partition coefficient (Wildman–Crippen LogP) is 4.21. The molecule has 168 valence electrons. The van der Waals surface area contributed by atoms with E-state index >= 15 is 0 Å². The Balaban J connectivity index is 1.53. The van der Waals surface area contributed by atoms with Gasteiger partial charge in [0.15, 0.2) is 0 Å². The molecular formula is C26H24N2O4S. The first-order chi connectivity index (χ1) is 15.9. The Labute approximate surface area is 193 Å². The number of fused-ring (bicyclic) bond motifs is 2. The summed E-state index contributed by atoms with van der Waals surface area (Å²) in [6, 6.07) is 23.2. The molecule has 7 heteroatoms. The molecule has 1 aliphatic rings. The van der Waals surface area contributed by atoms with Gasteiger partial charge >= 0.3 is 0 Å². The van der Waals surface area contributed by atoms with E-state index < -0.39 is 16.1 Å². The number of carbonyl (C=O) groups is 1. The molecule has 0 spiro atoms. The number of nitrogens with zero attached hydrogens (tertiary/aromatic N) is 2. The summed E-state index contributed by atoms with van der Waals surface area (Å²) in [6.07, 6.45) is 1.88. The Bertz CT molecular complexity index is 1410. The zero-order valence-corrected chi connectivity index (χ0v) is 19.0. The first-order valence-corrected chi connectivity index (χ1v) is 12.2. The number of sulfonamides is 1. The number of amides is 1. The molecule has 5 rings (SSSR count). The van der Waals surface area contributed by atoms with E-state index in [4.69, 9.17) is 4.42 Å². The van der Waals surface area contributed by atoms with Crippen LogP contribution in [0.2, 0.25) is 0 Å². The number of likely N-dealkylation sites (N-methyl/N-ethyl adjacent to an activating group) is 1. The van der Waals surface area contributed by atoms with Crippen LogP contribution in [0.25, 0.3) is 10.8 Å². The Hall–Kier alpha value is -3.42. The van der Waals surface area contributed by atoms with Gasteiger partial charge in [-0.3, -0.25) is 4.79 Å². The molecule has 1 unspecified atom stereocenters. The quantitative estimate of drug-likeness (QED) is 0.447.